The van der Waals surface area contributed by atoms with E-state index in [-0.39, 0.29) is 0 Å². The minimum absolute atomic E-state index is 0.595. The summed E-state index contributed by atoms with van der Waals surface area (Å²) in [5, 5.41) is 3.37. The van der Waals surface area contributed by atoms with Gasteiger partial charge >= 0.3 is 0 Å². The third-order valence-corrected chi connectivity index (χ3v) is 2.82. The molecular formula is C9H21N3. The lowest BCUT2D eigenvalue weighted by Crippen LogP contribution is -2.52. The van der Waals surface area contributed by atoms with E-state index in [1.54, 1.807) is 0 Å². The lowest BCUT2D eigenvalue weighted by atomic mass is 10.3. The maximum atomic E-state index is 3.37. The first kappa shape index (κ1) is 9.96. The number of nitrogens with one attached hydrogen (secondary N) is 1. The van der Waals surface area contributed by atoms with Crippen LogP contribution in [0.3, 0.4) is 0 Å². The van der Waals surface area contributed by atoms with E-state index < -0.39 is 0 Å². The standard InChI is InChI=1S/C9H21N3/c1-4-11(3)9(2)12-7-5-10-6-8-12/h9-10H,4-8H2,1-3H3. The predicted octanol–water partition coefficient (Wildman–Crippen LogP) is 0.189. The zero-order valence-corrected chi connectivity index (χ0v) is 8.51. The summed E-state index contributed by atoms with van der Waals surface area (Å²) in [5.41, 5.74) is 0. The summed E-state index contributed by atoms with van der Waals surface area (Å²) in [6.45, 7) is 10.3. The van der Waals surface area contributed by atoms with E-state index in [1.807, 2.05) is 0 Å². The summed E-state index contributed by atoms with van der Waals surface area (Å²) in [6.07, 6.45) is 0.595. The van der Waals surface area contributed by atoms with Crippen molar-refractivity contribution in [2.24, 2.45) is 0 Å². The Morgan fingerprint density at radius 2 is 2.00 bits per heavy atom. The first-order chi connectivity index (χ1) is 5.75. The van der Waals surface area contributed by atoms with Gasteiger partial charge in [0, 0.05) is 26.2 Å². The first-order valence-corrected chi connectivity index (χ1v) is 4.90. The van der Waals surface area contributed by atoms with Crippen LogP contribution >= 0.6 is 0 Å². The lowest BCUT2D eigenvalue weighted by molar-refractivity contribution is 0.0680. The Hall–Kier alpha value is -0.120. The van der Waals surface area contributed by atoms with Gasteiger partial charge in [0.1, 0.15) is 0 Å². The van der Waals surface area contributed by atoms with Gasteiger partial charge in [-0.1, -0.05) is 6.92 Å². The highest BCUT2D eigenvalue weighted by molar-refractivity contribution is 4.72. The fraction of sp³-hybridized carbons (Fsp3) is 1.00. The molecule has 1 rings (SSSR count). The van der Waals surface area contributed by atoms with E-state index in [2.05, 4.69) is 36.0 Å². The normalized spacial score (nSPS) is 23.0. The van der Waals surface area contributed by atoms with E-state index in [0.29, 0.717) is 6.17 Å². The van der Waals surface area contributed by atoms with E-state index in [4.69, 9.17) is 0 Å². The molecule has 1 aliphatic rings. The average Bonchev–Trinajstić information content (AvgIpc) is 2.17. The Morgan fingerprint density at radius 1 is 1.42 bits per heavy atom. The van der Waals surface area contributed by atoms with Crippen LogP contribution in [-0.4, -0.2) is 55.7 Å². The fourth-order valence-electron chi connectivity index (χ4n) is 1.60. The summed E-state index contributed by atoms with van der Waals surface area (Å²) in [5.74, 6) is 0. The zero-order chi connectivity index (χ0) is 8.97. The van der Waals surface area contributed by atoms with Gasteiger partial charge in [-0.15, -0.1) is 0 Å². The molecule has 0 amide bonds. The molecule has 3 heteroatoms. The van der Waals surface area contributed by atoms with Crippen molar-refractivity contribution < 1.29 is 0 Å². The van der Waals surface area contributed by atoms with Crippen LogP contribution in [0.4, 0.5) is 0 Å². The van der Waals surface area contributed by atoms with Gasteiger partial charge in [-0.2, -0.15) is 0 Å². The Kier molecular flexibility index (Phi) is 3.98. The fourth-order valence-corrected chi connectivity index (χ4v) is 1.60. The zero-order valence-electron chi connectivity index (χ0n) is 8.51. The first-order valence-electron chi connectivity index (χ1n) is 4.90. The van der Waals surface area contributed by atoms with E-state index >= 15 is 0 Å². The van der Waals surface area contributed by atoms with Gasteiger partial charge in [0.25, 0.3) is 0 Å². The molecule has 0 aromatic carbocycles. The molecule has 1 N–H and O–H groups in total. The van der Waals surface area contributed by atoms with Gasteiger partial charge in [0.2, 0.25) is 0 Å². The highest BCUT2D eigenvalue weighted by Gasteiger charge is 2.18. The molecule has 72 valence electrons. The third kappa shape index (κ3) is 2.44. The van der Waals surface area contributed by atoms with Crippen molar-refractivity contribution >= 4 is 0 Å². The lowest BCUT2D eigenvalue weighted by Gasteiger charge is -2.37. The minimum Gasteiger partial charge on any atom is -0.314 e. The molecule has 1 saturated heterocycles. The van der Waals surface area contributed by atoms with E-state index in [0.717, 1.165) is 19.6 Å². The van der Waals surface area contributed by atoms with Crippen molar-refractivity contribution in [3.8, 4) is 0 Å². The summed E-state index contributed by atoms with van der Waals surface area (Å²) < 4.78 is 0. The average molecular weight is 171 g/mol. The topological polar surface area (TPSA) is 18.5 Å². The third-order valence-electron chi connectivity index (χ3n) is 2.82. The molecule has 1 heterocycles. The quantitative estimate of drug-likeness (QED) is 0.654. The number of piperazine rings is 1. The molecule has 0 aromatic rings. The van der Waals surface area contributed by atoms with Gasteiger partial charge in [-0.25, -0.2) is 0 Å². The van der Waals surface area contributed by atoms with Crippen molar-refractivity contribution in [3.05, 3.63) is 0 Å². The molecule has 0 radical (unpaired) electrons. The van der Waals surface area contributed by atoms with Crippen molar-refractivity contribution in [1.82, 2.24) is 15.1 Å². The molecule has 1 fully saturated rings. The van der Waals surface area contributed by atoms with E-state index in [9.17, 15) is 0 Å². The Balaban J connectivity index is 2.33. The maximum Gasteiger partial charge on any atom is 0.0591 e. The SMILES string of the molecule is CCN(C)C(C)N1CCNCC1. The minimum atomic E-state index is 0.595. The molecule has 0 aliphatic carbocycles. The van der Waals surface area contributed by atoms with Crippen LogP contribution in [0.2, 0.25) is 0 Å². The predicted molar refractivity (Wildman–Crippen MR) is 52.2 cm³/mol. The highest BCUT2D eigenvalue weighted by atomic mass is 15.3. The van der Waals surface area contributed by atoms with Crippen molar-refractivity contribution in [2.75, 3.05) is 39.8 Å². The Labute approximate surface area is 75.7 Å². The van der Waals surface area contributed by atoms with Crippen LogP contribution in [0.25, 0.3) is 0 Å². The molecule has 1 atom stereocenters. The smallest absolute Gasteiger partial charge is 0.0591 e. The van der Waals surface area contributed by atoms with Crippen molar-refractivity contribution in [3.63, 3.8) is 0 Å². The van der Waals surface area contributed by atoms with Crippen molar-refractivity contribution in [1.29, 1.82) is 0 Å². The Bertz CT molecular complexity index is 121. The van der Waals surface area contributed by atoms with Crippen LogP contribution in [-0.2, 0) is 0 Å². The monoisotopic (exact) mass is 171 g/mol. The largest absolute Gasteiger partial charge is 0.314 e. The van der Waals surface area contributed by atoms with Crippen LogP contribution in [0, 0.1) is 0 Å². The second kappa shape index (κ2) is 4.80. The molecule has 0 saturated carbocycles. The van der Waals surface area contributed by atoms with Crippen LogP contribution in [0.1, 0.15) is 13.8 Å². The molecule has 12 heavy (non-hydrogen) atoms. The van der Waals surface area contributed by atoms with E-state index in [1.165, 1.54) is 13.1 Å². The molecule has 0 spiro atoms. The number of rotatable bonds is 3. The molecule has 0 aromatic heterocycles. The number of hydrogen-bond donors (Lipinski definition) is 1. The molecule has 1 aliphatic heterocycles. The molecular weight excluding hydrogens is 150 g/mol. The second-order valence-corrected chi connectivity index (χ2v) is 3.49. The molecule has 3 nitrogen and oxygen atoms in total. The van der Waals surface area contributed by atoms with Crippen LogP contribution in [0.15, 0.2) is 0 Å². The highest BCUT2D eigenvalue weighted by Crippen LogP contribution is 2.03. The van der Waals surface area contributed by atoms with Crippen molar-refractivity contribution in [2.45, 2.75) is 20.0 Å². The summed E-state index contributed by atoms with van der Waals surface area (Å²) in [4.78, 5) is 4.91. The maximum absolute atomic E-state index is 3.37. The van der Waals surface area contributed by atoms with Gasteiger partial charge < -0.3 is 5.32 Å². The second-order valence-electron chi connectivity index (χ2n) is 3.49. The summed E-state index contributed by atoms with van der Waals surface area (Å²) in [7, 11) is 2.19. The summed E-state index contributed by atoms with van der Waals surface area (Å²) in [6, 6.07) is 0. The number of nitrogens with zero attached hydrogens (tertiary/aromatic N) is 2. The Morgan fingerprint density at radius 3 is 2.50 bits per heavy atom. The number of hydrogen-bond acceptors (Lipinski definition) is 3. The van der Waals surface area contributed by atoms with Gasteiger partial charge in [0.05, 0.1) is 6.17 Å². The van der Waals surface area contributed by atoms with Crippen LogP contribution < -0.4 is 5.32 Å². The molecule has 1 unspecified atom stereocenters. The summed E-state index contributed by atoms with van der Waals surface area (Å²) >= 11 is 0. The van der Waals surface area contributed by atoms with Gasteiger partial charge in [-0.05, 0) is 20.5 Å². The van der Waals surface area contributed by atoms with Crippen LogP contribution in [0.5, 0.6) is 0 Å². The van der Waals surface area contributed by atoms with Gasteiger partial charge in [0.15, 0.2) is 0 Å². The van der Waals surface area contributed by atoms with Gasteiger partial charge in [-0.3, -0.25) is 9.80 Å². The molecule has 0 bridgehead atoms.